The van der Waals surface area contributed by atoms with Gasteiger partial charge in [0.05, 0.1) is 11.6 Å². The largest absolute Gasteiger partial charge is 0.419 e. The van der Waals surface area contributed by atoms with Crippen molar-refractivity contribution >= 4 is 0 Å². The fourth-order valence-corrected chi connectivity index (χ4v) is 3.53. The molecule has 4 rings (SSSR count). The smallest absolute Gasteiger partial charge is 0.250 e. The van der Waals surface area contributed by atoms with Gasteiger partial charge in [-0.05, 0) is 51.4 Å². The molecule has 7 nitrogen and oxygen atoms in total. The van der Waals surface area contributed by atoms with E-state index in [4.69, 9.17) is 8.94 Å². The van der Waals surface area contributed by atoms with E-state index in [9.17, 15) is 4.39 Å². The first-order chi connectivity index (χ1) is 13.2. The Bertz CT molecular complexity index is 894. The molecule has 3 aromatic rings. The van der Waals surface area contributed by atoms with Crippen LogP contribution in [0.15, 0.2) is 33.2 Å². The van der Waals surface area contributed by atoms with E-state index >= 15 is 0 Å². The van der Waals surface area contributed by atoms with Crippen molar-refractivity contribution in [2.75, 3.05) is 13.1 Å². The summed E-state index contributed by atoms with van der Waals surface area (Å²) >= 11 is 0. The predicted octanol–water partition coefficient (Wildman–Crippen LogP) is 3.73. The van der Waals surface area contributed by atoms with Gasteiger partial charge in [0.2, 0.25) is 11.8 Å². The van der Waals surface area contributed by atoms with Gasteiger partial charge in [0.15, 0.2) is 5.82 Å². The van der Waals surface area contributed by atoms with Gasteiger partial charge >= 0.3 is 0 Å². The van der Waals surface area contributed by atoms with Crippen LogP contribution >= 0.6 is 0 Å². The fraction of sp³-hybridized carbons (Fsp3) is 0.474. The molecule has 0 amide bonds. The fourth-order valence-electron chi connectivity index (χ4n) is 3.53. The van der Waals surface area contributed by atoms with Crippen LogP contribution in [0.4, 0.5) is 4.39 Å². The lowest BCUT2D eigenvalue weighted by molar-refractivity contribution is 0.123. The zero-order valence-corrected chi connectivity index (χ0v) is 15.3. The molecule has 1 fully saturated rings. The average molecular weight is 371 g/mol. The van der Waals surface area contributed by atoms with Gasteiger partial charge in [0.25, 0.3) is 5.89 Å². The molecule has 0 aliphatic carbocycles. The molecule has 0 N–H and O–H groups in total. The second kappa shape index (κ2) is 7.96. The number of aryl methyl sites for hydroxylation is 2. The molecular weight excluding hydrogens is 349 g/mol. The van der Waals surface area contributed by atoms with Crippen LogP contribution in [0.5, 0.6) is 0 Å². The van der Waals surface area contributed by atoms with Crippen LogP contribution in [0.3, 0.4) is 0 Å². The van der Waals surface area contributed by atoms with Crippen LogP contribution in [0.1, 0.15) is 49.3 Å². The molecule has 1 aliphatic heterocycles. The Balaban J connectivity index is 1.44. The SMILES string of the molecule is Cc1noc(CCCN2CCCC[C@H]2c2nnc(-c3ccccc3F)o2)n1. The molecule has 2 aromatic heterocycles. The minimum Gasteiger partial charge on any atom is -0.419 e. The second-order valence-corrected chi connectivity index (χ2v) is 6.81. The normalized spacial score (nSPS) is 18.1. The van der Waals surface area contributed by atoms with E-state index in [1.54, 1.807) is 18.2 Å². The van der Waals surface area contributed by atoms with Gasteiger partial charge in [-0.15, -0.1) is 10.2 Å². The molecule has 8 heteroatoms. The second-order valence-electron chi connectivity index (χ2n) is 6.81. The summed E-state index contributed by atoms with van der Waals surface area (Å²) in [5.74, 6) is 1.76. The Labute approximate surface area is 156 Å². The monoisotopic (exact) mass is 371 g/mol. The number of halogens is 1. The Morgan fingerprint density at radius 1 is 1.22 bits per heavy atom. The quantitative estimate of drug-likeness (QED) is 0.653. The molecule has 1 atom stereocenters. The number of piperidine rings is 1. The van der Waals surface area contributed by atoms with Gasteiger partial charge in [0, 0.05) is 6.42 Å². The molecule has 1 aromatic carbocycles. The average Bonchev–Trinajstić information content (AvgIpc) is 3.32. The third kappa shape index (κ3) is 4.05. The highest BCUT2D eigenvalue weighted by Gasteiger charge is 2.28. The summed E-state index contributed by atoms with van der Waals surface area (Å²) in [6.45, 7) is 3.67. The predicted molar refractivity (Wildman–Crippen MR) is 95.2 cm³/mol. The number of hydrogen-bond acceptors (Lipinski definition) is 7. The summed E-state index contributed by atoms with van der Waals surface area (Å²) in [7, 11) is 0. The van der Waals surface area contributed by atoms with E-state index in [-0.39, 0.29) is 17.7 Å². The number of aromatic nitrogens is 4. The Hall–Kier alpha value is -2.61. The summed E-state index contributed by atoms with van der Waals surface area (Å²) in [6, 6.07) is 6.51. The highest BCUT2D eigenvalue weighted by molar-refractivity contribution is 5.53. The van der Waals surface area contributed by atoms with Crippen molar-refractivity contribution in [3.8, 4) is 11.5 Å². The van der Waals surface area contributed by atoms with Crippen molar-refractivity contribution < 1.29 is 13.3 Å². The van der Waals surface area contributed by atoms with E-state index < -0.39 is 0 Å². The zero-order valence-electron chi connectivity index (χ0n) is 15.3. The molecule has 1 saturated heterocycles. The lowest BCUT2D eigenvalue weighted by Crippen LogP contribution is -2.34. The van der Waals surface area contributed by atoms with E-state index in [2.05, 4.69) is 25.2 Å². The number of likely N-dealkylation sites (tertiary alicyclic amines) is 1. The topological polar surface area (TPSA) is 81.1 Å². The molecule has 27 heavy (non-hydrogen) atoms. The Morgan fingerprint density at radius 2 is 2.11 bits per heavy atom. The molecule has 0 spiro atoms. The van der Waals surface area contributed by atoms with Gasteiger partial charge in [0.1, 0.15) is 5.82 Å². The molecule has 1 aliphatic rings. The van der Waals surface area contributed by atoms with Gasteiger partial charge in [-0.2, -0.15) is 4.98 Å². The van der Waals surface area contributed by atoms with Crippen LogP contribution < -0.4 is 0 Å². The summed E-state index contributed by atoms with van der Waals surface area (Å²) < 4.78 is 25.0. The number of nitrogens with zero attached hydrogens (tertiary/aromatic N) is 5. The molecule has 142 valence electrons. The third-order valence-corrected chi connectivity index (χ3v) is 4.85. The van der Waals surface area contributed by atoms with Gasteiger partial charge in [-0.25, -0.2) is 4.39 Å². The maximum Gasteiger partial charge on any atom is 0.250 e. The number of rotatable bonds is 6. The highest BCUT2D eigenvalue weighted by atomic mass is 19.1. The van der Waals surface area contributed by atoms with Crippen molar-refractivity contribution in [1.29, 1.82) is 0 Å². The molecule has 0 saturated carbocycles. The zero-order chi connectivity index (χ0) is 18.6. The van der Waals surface area contributed by atoms with Crippen molar-refractivity contribution in [2.24, 2.45) is 0 Å². The highest BCUT2D eigenvalue weighted by Crippen LogP contribution is 2.32. The lowest BCUT2D eigenvalue weighted by Gasteiger charge is -2.33. The van der Waals surface area contributed by atoms with Crippen LogP contribution in [-0.2, 0) is 6.42 Å². The van der Waals surface area contributed by atoms with Crippen LogP contribution in [0.2, 0.25) is 0 Å². The standard InChI is InChI=1S/C19H22FN5O2/c1-13-21-17(27-24-13)10-6-12-25-11-5-4-9-16(25)19-23-22-18(26-19)14-7-2-3-8-15(14)20/h2-3,7-8,16H,4-6,9-12H2,1H3/t16-/m0/s1. The van der Waals surface area contributed by atoms with Crippen molar-refractivity contribution in [2.45, 2.75) is 45.1 Å². The van der Waals surface area contributed by atoms with Gasteiger partial charge < -0.3 is 8.94 Å². The Kier molecular flexibility index (Phi) is 5.24. The van der Waals surface area contributed by atoms with E-state index in [0.717, 1.165) is 45.2 Å². The minimum absolute atomic E-state index is 0.0659. The maximum atomic E-state index is 14.0. The summed E-state index contributed by atoms with van der Waals surface area (Å²) in [5, 5.41) is 12.1. The molecular formula is C19H22FN5O2. The molecule has 3 heterocycles. The van der Waals surface area contributed by atoms with E-state index in [0.29, 0.717) is 23.2 Å². The lowest BCUT2D eigenvalue weighted by atomic mass is 10.0. The first-order valence-corrected chi connectivity index (χ1v) is 9.32. The maximum absolute atomic E-state index is 14.0. The van der Waals surface area contributed by atoms with Crippen molar-refractivity contribution in [3.05, 3.63) is 47.7 Å². The molecule has 0 bridgehead atoms. The van der Waals surface area contributed by atoms with Gasteiger partial charge in [-0.1, -0.05) is 23.7 Å². The summed E-state index contributed by atoms with van der Waals surface area (Å²) in [6.07, 6.45) is 4.87. The van der Waals surface area contributed by atoms with Crippen molar-refractivity contribution in [1.82, 2.24) is 25.2 Å². The molecule has 0 unspecified atom stereocenters. The van der Waals surface area contributed by atoms with E-state index in [1.165, 1.54) is 6.07 Å². The van der Waals surface area contributed by atoms with Crippen LogP contribution in [0.25, 0.3) is 11.5 Å². The first kappa shape index (κ1) is 17.8. The third-order valence-electron chi connectivity index (χ3n) is 4.85. The van der Waals surface area contributed by atoms with Crippen LogP contribution in [-0.4, -0.2) is 38.3 Å². The van der Waals surface area contributed by atoms with Crippen molar-refractivity contribution in [3.63, 3.8) is 0 Å². The van der Waals surface area contributed by atoms with E-state index in [1.807, 2.05) is 6.92 Å². The summed E-state index contributed by atoms with van der Waals surface area (Å²) in [4.78, 5) is 6.60. The van der Waals surface area contributed by atoms with Crippen LogP contribution in [0, 0.1) is 12.7 Å². The van der Waals surface area contributed by atoms with Gasteiger partial charge in [-0.3, -0.25) is 4.90 Å². The summed E-state index contributed by atoms with van der Waals surface area (Å²) in [5.41, 5.74) is 0.338. The minimum atomic E-state index is -0.358. The number of benzene rings is 1. The molecule has 0 radical (unpaired) electrons. The first-order valence-electron chi connectivity index (χ1n) is 9.32. The Morgan fingerprint density at radius 3 is 2.93 bits per heavy atom. The number of hydrogen-bond donors (Lipinski definition) is 0.